The molecule has 1 aliphatic heterocycles. The molecule has 1 nitrogen and oxygen atoms in total. The van der Waals surface area contributed by atoms with E-state index in [-0.39, 0.29) is 12.4 Å². The third-order valence-electron chi connectivity index (χ3n) is 2.12. The Morgan fingerprint density at radius 3 is 2.73 bits per heavy atom. The first-order valence-corrected chi connectivity index (χ1v) is 4.64. The van der Waals surface area contributed by atoms with Crippen molar-refractivity contribution >= 4 is 24.0 Å². The lowest BCUT2D eigenvalue weighted by Gasteiger charge is -2.13. The van der Waals surface area contributed by atoms with Crippen LogP contribution in [-0.2, 0) is 0 Å². The number of rotatable bonds is 3. The first-order chi connectivity index (χ1) is 4.83. The number of alkyl halides is 1. The molecule has 0 aromatic rings. The van der Waals surface area contributed by atoms with Crippen molar-refractivity contribution in [3.05, 3.63) is 0 Å². The maximum Gasteiger partial charge on any atom is 0.0235 e. The predicted octanol–water partition coefficient (Wildman–Crippen LogP) is 2.38. The van der Waals surface area contributed by atoms with Crippen LogP contribution >= 0.6 is 24.0 Å². The largest absolute Gasteiger partial charge is 0.303 e. The van der Waals surface area contributed by atoms with Crippen molar-refractivity contribution in [2.24, 2.45) is 5.92 Å². The van der Waals surface area contributed by atoms with Crippen LogP contribution in [0.25, 0.3) is 0 Å². The Labute approximate surface area is 80.5 Å². The van der Waals surface area contributed by atoms with E-state index in [0.717, 1.165) is 18.2 Å². The third-order valence-corrected chi connectivity index (χ3v) is 2.38. The molecule has 0 radical (unpaired) electrons. The first kappa shape index (κ1) is 11.5. The van der Waals surface area contributed by atoms with Crippen molar-refractivity contribution in [1.29, 1.82) is 0 Å². The lowest BCUT2D eigenvalue weighted by Crippen LogP contribution is -2.21. The Balaban J connectivity index is 0.000001000. The zero-order chi connectivity index (χ0) is 7.40. The van der Waals surface area contributed by atoms with Crippen molar-refractivity contribution in [3.63, 3.8) is 0 Å². The molecule has 1 heterocycles. The standard InChI is InChI=1S/C8H16ClN.ClH/c1-8-3-6-10(7-8)5-2-4-9;/h8H,2-7H2,1H3;1H/t8-;/m0./s1. The number of hydrogen-bond acceptors (Lipinski definition) is 1. The highest BCUT2D eigenvalue weighted by Gasteiger charge is 2.16. The first-order valence-electron chi connectivity index (χ1n) is 4.11. The average molecular weight is 198 g/mol. The number of hydrogen-bond donors (Lipinski definition) is 0. The van der Waals surface area contributed by atoms with Gasteiger partial charge in [0, 0.05) is 12.4 Å². The van der Waals surface area contributed by atoms with Crippen LogP contribution in [0.1, 0.15) is 19.8 Å². The zero-order valence-corrected chi connectivity index (χ0v) is 8.63. The number of likely N-dealkylation sites (tertiary alicyclic amines) is 1. The van der Waals surface area contributed by atoms with E-state index in [1.807, 2.05) is 0 Å². The molecule has 11 heavy (non-hydrogen) atoms. The summed E-state index contributed by atoms with van der Waals surface area (Å²) in [6, 6.07) is 0. The highest BCUT2D eigenvalue weighted by atomic mass is 35.5. The van der Waals surface area contributed by atoms with Crippen molar-refractivity contribution in [2.75, 3.05) is 25.5 Å². The summed E-state index contributed by atoms with van der Waals surface area (Å²) in [4.78, 5) is 2.51. The normalized spacial score (nSPS) is 25.1. The molecule has 0 spiro atoms. The van der Waals surface area contributed by atoms with Gasteiger partial charge in [0.05, 0.1) is 0 Å². The Morgan fingerprint density at radius 1 is 1.55 bits per heavy atom. The van der Waals surface area contributed by atoms with Crippen LogP contribution < -0.4 is 0 Å². The van der Waals surface area contributed by atoms with Crippen molar-refractivity contribution in [3.8, 4) is 0 Å². The van der Waals surface area contributed by atoms with Crippen LogP contribution in [0.4, 0.5) is 0 Å². The Kier molecular flexibility index (Phi) is 6.40. The molecule has 1 saturated heterocycles. The molecule has 0 bridgehead atoms. The SMILES string of the molecule is C[C@H]1CCN(CCCCl)C1.Cl. The summed E-state index contributed by atoms with van der Waals surface area (Å²) in [7, 11) is 0. The van der Waals surface area contributed by atoms with Gasteiger partial charge in [0.15, 0.2) is 0 Å². The van der Waals surface area contributed by atoms with Crippen LogP contribution in [0.2, 0.25) is 0 Å². The molecule has 0 saturated carbocycles. The van der Waals surface area contributed by atoms with Crippen molar-refractivity contribution in [2.45, 2.75) is 19.8 Å². The van der Waals surface area contributed by atoms with E-state index in [2.05, 4.69) is 11.8 Å². The van der Waals surface area contributed by atoms with Crippen LogP contribution in [0.5, 0.6) is 0 Å². The zero-order valence-electron chi connectivity index (χ0n) is 7.05. The Bertz CT molecular complexity index is 98.1. The Hall–Kier alpha value is 0.540. The minimum absolute atomic E-state index is 0. The summed E-state index contributed by atoms with van der Waals surface area (Å²) in [6.45, 7) is 6.10. The lowest BCUT2D eigenvalue weighted by molar-refractivity contribution is 0.329. The fourth-order valence-corrected chi connectivity index (χ4v) is 1.63. The molecule has 68 valence electrons. The molecule has 1 rings (SSSR count). The fraction of sp³-hybridized carbons (Fsp3) is 1.00. The van der Waals surface area contributed by atoms with Crippen LogP contribution in [0.3, 0.4) is 0 Å². The fourth-order valence-electron chi connectivity index (χ4n) is 1.51. The quantitative estimate of drug-likeness (QED) is 0.629. The van der Waals surface area contributed by atoms with E-state index in [1.54, 1.807) is 0 Å². The molecule has 0 N–H and O–H groups in total. The van der Waals surface area contributed by atoms with E-state index < -0.39 is 0 Å². The van der Waals surface area contributed by atoms with E-state index >= 15 is 0 Å². The van der Waals surface area contributed by atoms with Gasteiger partial charge in [-0.1, -0.05) is 6.92 Å². The van der Waals surface area contributed by atoms with E-state index in [0.29, 0.717) is 0 Å². The second-order valence-corrected chi connectivity index (χ2v) is 3.61. The monoisotopic (exact) mass is 197 g/mol. The highest BCUT2D eigenvalue weighted by molar-refractivity contribution is 6.17. The summed E-state index contributed by atoms with van der Waals surface area (Å²) >= 11 is 5.59. The summed E-state index contributed by atoms with van der Waals surface area (Å²) in [5.74, 6) is 1.72. The molecular formula is C8H17Cl2N. The number of nitrogens with zero attached hydrogens (tertiary/aromatic N) is 1. The molecule has 3 heteroatoms. The molecular weight excluding hydrogens is 181 g/mol. The summed E-state index contributed by atoms with van der Waals surface area (Å²) in [5, 5.41) is 0. The number of halogens is 2. The van der Waals surface area contributed by atoms with Gasteiger partial charge < -0.3 is 4.90 Å². The average Bonchev–Trinajstić information content (AvgIpc) is 2.31. The van der Waals surface area contributed by atoms with Gasteiger partial charge in [0.2, 0.25) is 0 Å². The van der Waals surface area contributed by atoms with Gasteiger partial charge in [0.25, 0.3) is 0 Å². The van der Waals surface area contributed by atoms with E-state index in [1.165, 1.54) is 26.1 Å². The predicted molar refractivity (Wildman–Crippen MR) is 52.8 cm³/mol. The maximum absolute atomic E-state index is 5.59. The van der Waals surface area contributed by atoms with Gasteiger partial charge in [-0.3, -0.25) is 0 Å². The van der Waals surface area contributed by atoms with Gasteiger partial charge in [-0.2, -0.15) is 0 Å². The summed E-state index contributed by atoms with van der Waals surface area (Å²) in [6.07, 6.45) is 2.52. The molecule has 0 aromatic heterocycles. The lowest BCUT2D eigenvalue weighted by atomic mass is 10.2. The molecule has 0 unspecified atom stereocenters. The highest BCUT2D eigenvalue weighted by Crippen LogP contribution is 2.14. The smallest absolute Gasteiger partial charge is 0.0235 e. The maximum atomic E-state index is 5.59. The van der Waals surface area contributed by atoms with Crippen LogP contribution in [0.15, 0.2) is 0 Å². The summed E-state index contributed by atoms with van der Waals surface area (Å²) in [5.41, 5.74) is 0. The molecule has 1 aliphatic rings. The molecule has 0 amide bonds. The minimum atomic E-state index is 0. The van der Waals surface area contributed by atoms with Gasteiger partial charge >= 0.3 is 0 Å². The third kappa shape index (κ3) is 4.19. The topological polar surface area (TPSA) is 3.24 Å². The van der Waals surface area contributed by atoms with Crippen molar-refractivity contribution in [1.82, 2.24) is 4.90 Å². The minimum Gasteiger partial charge on any atom is -0.303 e. The molecule has 0 aromatic carbocycles. The van der Waals surface area contributed by atoms with Gasteiger partial charge in [-0.05, 0) is 31.8 Å². The Morgan fingerprint density at radius 2 is 2.27 bits per heavy atom. The van der Waals surface area contributed by atoms with Crippen molar-refractivity contribution < 1.29 is 0 Å². The van der Waals surface area contributed by atoms with Gasteiger partial charge in [0.1, 0.15) is 0 Å². The molecule has 1 fully saturated rings. The van der Waals surface area contributed by atoms with Crippen LogP contribution in [0, 0.1) is 5.92 Å². The van der Waals surface area contributed by atoms with E-state index in [4.69, 9.17) is 11.6 Å². The molecule has 1 atom stereocenters. The summed E-state index contributed by atoms with van der Waals surface area (Å²) < 4.78 is 0. The van der Waals surface area contributed by atoms with Gasteiger partial charge in [-0.25, -0.2) is 0 Å². The second kappa shape index (κ2) is 6.10. The second-order valence-electron chi connectivity index (χ2n) is 3.24. The molecule has 0 aliphatic carbocycles. The van der Waals surface area contributed by atoms with Gasteiger partial charge in [-0.15, -0.1) is 24.0 Å². The van der Waals surface area contributed by atoms with E-state index in [9.17, 15) is 0 Å². The van der Waals surface area contributed by atoms with Crippen LogP contribution in [-0.4, -0.2) is 30.4 Å².